The summed E-state index contributed by atoms with van der Waals surface area (Å²) < 4.78 is 0. The zero-order chi connectivity index (χ0) is 17.4. The van der Waals surface area contributed by atoms with E-state index >= 15 is 0 Å². The van der Waals surface area contributed by atoms with E-state index in [1.54, 1.807) is 12.1 Å². The SMILES string of the molecule is Nc1cc2ccccc2cc1C(=O)Nc1ccc2c(c1)CCC(=O)N2. The van der Waals surface area contributed by atoms with Gasteiger partial charge in [0.15, 0.2) is 0 Å². The predicted octanol–water partition coefficient (Wildman–Crippen LogP) is 3.56. The maximum absolute atomic E-state index is 12.6. The molecule has 5 nitrogen and oxygen atoms in total. The van der Waals surface area contributed by atoms with E-state index in [2.05, 4.69) is 10.6 Å². The number of rotatable bonds is 2. The summed E-state index contributed by atoms with van der Waals surface area (Å²) in [5.41, 5.74) is 9.46. The van der Waals surface area contributed by atoms with Crippen LogP contribution in [0.25, 0.3) is 10.8 Å². The summed E-state index contributed by atoms with van der Waals surface area (Å²) in [4.78, 5) is 24.1. The van der Waals surface area contributed by atoms with Crippen molar-refractivity contribution in [3.63, 3.8) is 0 Å². The molecule has 1 aliphatic rings. The van der Waals surface area contributed by atoms with Gasteiger partial charge in [0, 0.05) is 23.5 Å². The fourth-order valence-corrected chi connectivity index (χ4v) is 3.11. The fourth-order valence-electron chi connectivity index (χ4n) is 3.11. The lowest BCUT2D eigenvalue weighted by Gasteiger charge is -2.18. The van der Waals surface area contributed by atoms with Crippen molar-refractivity contribution >= 4 is 39.6 Å². The first kappa shape index (κ1) is 15.2. The Morgan fingerprint density at radius 3 is 2.56 bits per heavy atom. The molecule has 0 bridgehead atoms. The van der Waals surface area contributed by atoms with E-state index in [9.17, 15) is 9.59 Å². The van der Waals surface area contributed by atoms with E-state index in [1.807, 2.05) is 42.5 Å². The Balaban J connectivity index is 1.62. The second-order valence-corrected chi connectivity index (χ2v) is 6.16. The number of benzene rings is 3. The normalized spacial score (nSPS) is 13.2. The lowest BCUT2D eigenvalue weighted by molar-refractivity contribution is -0.116. The third-order valence-corrected chi connectivity index (χ3v) is 4.42. The van der Waals surface area contributed by atoms with Gasteiger partial charge in [0.05, 0.1) is 5.56 Å². The summed E-state index contributed by atoms with van der Waals surface area (Å²) in [6, 6.07) is 16.9. The number of nitrogens with two attached hydrogens (primary N) is 1. The smallest absolute Gasteiger partial charge is 0.257 e. The number of hydrogen-bond acceptors (Lipinski definition) is 3. The van der Waals surface area contributed by atoms with Crippen molar-refractivity contribution in [3.8, 4) is 0 Å². The average molecular weight is 331 g/mol. The number of nitrogen functional groups attached to an aromatic ring is 1. The van der Waals surface area contributed by atoms with E-state index in [0.717, 1.165) is 22.0 Å². The number of anilines is 3. The molecule has 0 atom stereocenters. The van der Waals surface area contributed by atoms with Crippen LogP contribution in [0.2, 0.25) is 0 Å². The highest BCUT2D eigenvalue weighted by Crippen LogP contribution is 2.27. The Kier molecular flexibility index (Phi) is 3.61. The molecule has 0 radical (unpaired) electrons. The van der Waals surface area contributed by atoms with Gasteiger partial charge in [-0.1, -0.05) is 24.3 Å². The standard InChI is InChI=1S/C20H17N3O2/c21-17-11-13-4-2-1-3-12(13)10-16(17)20(25)22-15-6-7-18-14(9-15)5-8-19(24)23-18/h1-4,6-7,9-11H,5,8,21H2,(H,22,25)(H,23,24). The number of aryl methyl sites for hydroxylation is 1. The van der Waals surface area contributed by atoms with Crippen LogP contribution in [0, 0.1) is 0 Å². The Bertz CT molecular complexity index is 1010. The van der Waals surface area contributed by atoms with Crippen LogP contribution in [0.15, 0.2) is 54.6 Å². The average Bonchev–Trinajstić information content (AvgIpc) is 2.61. The van der Waals surface area contributed by atoms with Gasteiger partial charge in [-0.3, -0.25) is 9.59 Å². The highest BCUT2D eigenvalue weighted by atomic mass is 16.2. The van der Waals surface area contributed by atoms with Crippen LogP contribution in [0.1, 0.15) is 22.3 Å². The number of hydrogen-bond donors (Lipinski definition) is 3. The highest BCUT2D eigenvalue weighted by molar-refractivity contribution is 6.10. The maximum atomic E-state index is 12.6. The highest BCUT2D eigenvalue weighted by Gasteiger charge is 2.16. The molecular weight excluding hydrogens is 314 g/mol. The molecule has 0 fully saturated rings. The molecule has 25 heavy (non-hydrogen) atoms. The molecule has 0 unspecified atom stereocenters. The van der Waals surface area contributed by atoms with Crippen LogP contribution in [0.4, 0.5) is 17.1 Å². The van der Waals surface area contributed by atoms with Crippen LogP contribution < -0.4 is 16.4 Å². The minimum absolute atomic E-state index is 0.0215. The largest absolute Gasteiger partial charge is 0.398 e. The van der Waals surface area contributed by atoms with Crippen molar-refractivity contribution in [2.24, 2.45) is 0 Å². The lowest BCUT2D eigenvalue weighted by atomic mass is 10.0. The molecule has 4 rings (SSSR count). The predicted molar refractivity (Wildman–Crippen MR) is 99.7 cm³/mol. The van der Waals surface area contributed by atoms with Gasteiger partial charge >= 0.3 is 0 Å². The van der Waals surface area contributed by atoms with Gasteiger partial charge in [0.2, 0.25) is 5.91 Å². The summed E-state index contributed by atoms with van der Waals surface area (Å²) in [6.07, 6.45) is 1.13. The van der Waals surface area contributed by atoms with Crippen LogP contribution >= 0.6 is 0 Å². The fraction of sp³-hybridized carbons (Fsp3) is 0.100. The van der Waals surface area contributed by atoms with Gasteiger partial charge in [-0.15, -0.1) is 0 Å². The van der Waals surface area contributed by atoms with Crippen molar-refractivity contribution < 1.29 is 9.59 Å². The number of nitrogens with one attached hydrogen (secondary N) is 2. The van der Waals surface area contributed by atoms with Gasteiger partial charge in [0.1, 0.15) is 0 Å². The van der Waals surface area contributed by atoms with Gasteiger partial charge in [-0.2, -0.15) is 0 Å². The first-order valence-corrected chi connectivity index (χ1v) is 8.12. The van der Waals surface area contributed by atoms with Crippen LogP contribution in [0.3, 0.4) is 0 Å². The van der Waals surface area contributed by atoms with Crippen molar-refractivity contribution in [2.45, 2.75) is 12.8 Å². The van der Waals surface area contributed by atoms with Gasteiger partial charge in [-0.25, -0.2) is 0 Å². The first-order valence-electron chi connectivity index (χ1n) is 8.12. The number of carbonyl (C=O) groups excluding carboxylic acids is 2. The molecule has 0 aromatic heterocycles. The monoisotopic (exact) mass is 331 g/mol. The summed E-state index contributed by atoms with van der Waals surface area (Å²) in [5.74, 6) is -0.226. The number of fused-ring (bicyclic) bond motifs is 2. The number of carbonyl (C=O) groups is 2. The third kappa shape index (κ3) is 2.92. The molecule has 2 amide bonds. The molecule has 1 aliphatic heterocycles. The zero-order valence-corrected chi connectivity index (χ0v) is 13.5. The van der Waals surface area contributed by atoms with Crippen molar-refractivity contribution in [1.29, 1.82) is 0 Å². The summed E-state index contributed by atoms with van der Waals surface area (Å²) >= 11 is 0. The first-order chi connectivity index (χ1) is 12.1. The van der Waals surface area contributed by atoms with E-state index in [1.165, 1.54) is 0 Å². The zero-order valence-electron chi connectivity index (χ0n) is 13.5. The van der Waals surface area contributed by atoms with Crippen LogP contribution in [0.5, 0.6) is 0 Å². The van der Waals surface area contributed by atoms with Crippen molar-refractivity contribution in [1.82, 2.24) is 0 Å². The minimum Gasteiger partial charge on any atom is -0.398 e. The van der Waals surface area contributed by atoms with Gasteiger partial charge in [0.25, 0.3) is 5.91 Å². The molecule has 5 heteroatoms. The molecule has 0 aliphatic carbocycles. The molecular formula is C20H17N3O2. The molecule has 1 heterocycles. The van der Waals surface area contributed by atoms with Crippen LogP contribution in [-0.2, 0) is 11.2 Å². The quantitative estimate of drug-likeness (QED) is 0.628. The maximum Gasteiger partial charge on any atom is 0.257 e. The summed E-state index contributed by atoms with van der Waals surface area (Å²) in [5, 5.41) is 7.69. The molecule has 0 saturated heterocycles. The summed E-state index contributed by atoms with van der Waals surface area (Å²) in [6.45, 7) is 0. The second-order valence-electron chi connectivity index (χ2n) is 6.16. The van der Waals surface area contributed by atoms with E-state index in [0.29, 0.717) is 29.8 Å². The second kappa shape index (κ2) is 5.94. The van der Waals surface area contributed by atoms with Crippen molar-refractivity contribution in [2.75, 3.05) is 16.4 Å². The Hall–Kier alpha value is -3.34. The lowest BCUT2D eigenvalue weighted by Crippen LogP contribution is -2.19. The van der Waals surface area contributed by atoms with Crippen LogP contribution in [-0.4, -0.2) is 11.8 Å². The topological polar surface area (TPSA) is 84.2 Å². The molecule has 4 N–H and O–H groups in total. The van der Waals surface area contributed by atoms with Crippen molar-refractivity contribution in [3.05, 3.63) is 65.7 Å². The third-order valence-electron chi connectivity index (χ3n) is 4.42. The van der Waals surface area contributed by atoms with E-state index in [-0.39, 0.29) is 11.8 Å². The summed E-state index contributed by atoms with van der Waals surface area (Å²) in [7, 11) is 0. The van der Waals surface area contributed by atoms with Gasteiger partial charge < -0.3 is 16.4 Å². The molecule has 0 spiro atoms. The Labute approximate surface area is 144 Å². The minimum atomic E-state index is -0.247. The molecule has 3 aromatic rings. The number of amides is 2. The molecule has 124 valence electrons. The van der Waals surface area contributed by atoms with Gasteiger partial charge in [-0.05, 0) is 53.1 Å². The van der Waals surface area contributed by atoms with E-state index < -0.39 is 0 Å². The Morgan fingerprint density at radius 2 is 1.76 bits per heavy atom. The van der Waals surface area contributed by atoms with E-state index in [4.69, 9.17) is 5.73 Å². The molecule has 0 saturated carbocycles. The molecule has 3 aromatic carbocycles. The Morgan fingerprint density at radius 1 is 1.00 bits per heavy atom.